The van der Waals surface area contributed by atoms with Gasteiger partial charge in [-0.1, -0.05) is 0 Å². The molecule has 0 radical (unpaired) electrons. The average Bonchev–Trinajstić information content (AvgIpc) is 2.60. The Hall–Kier alpha value is -0.120. The van der Waals surface area contributed by atoms with Gasteiger partial charge in [0.05, 0.1) is 6.10 Å². The van der Waals surface area contributed by atoms with Crippen LogP contribution in [0.25, 0.3) is 0 Å². The van der Waals surface area contributed by atoms with Gasteiger partial charge in [0.1, 0.15) is 0 Å². The summed E-state index contributed by atoms with van der Waals surface area (Å²) in [6.07, 6.45) is 1.65. The Kier molecular flexibility index (Phi) is 4.56. The van der Waals surface area contributed by atoms with E-state index in [0.717, 1.165) is 19.6 Å². The van der Waals surface area contributed by atoms with Crippen LogP contribution in [-0.2, 0) is 4.74 Å². The van der Waals surface area contributed by atoms with E-state index >= 15 is 0 Å². The van der Waals surface area contributed by atoms with Crippen molar-refractivity contribution in [3.05, 3.63) is 0 Å². The minimum Gasteiger partial charge on any atom is -0.380 e. The molecule has 3 nitrogen and oxygen atoms in total. The summed E-state index contributed by atoms with van der Waals surface area (Å²) in [5.41, 5.74) is 0.278. The van der Waals surface area contributed by atoms with E-state index in [-0.39, 0.29) is 5.54 Å². The molecular formula is C12H26N2O. The van der Waals surface area contributed by atoms with Crippen LogP contribution in [0, 0.1) is 0 Å². The lowest BCUT2D eigenvalue weighted by Gasteiger charge is -2.33. The van der Waals surface area contributed by atoms with Crippen LogP contribution in [-0.4, -0.2) is 61.8 Å². The molecule has 15 heavy (non-hydrogen) atoms. The normalized spacial score (nSPS) is 24.0. The van der Waals surface area contributed by atoms with Crippen molar-refractivity contribution in [2.45, 2.75) is 38.8 Å². The largest absolute Gasteiger partial charge is 0.380 e. The highest BCUT2D eigenvalue weighted by Crippen LogP contribution is 2.13. The van der Waals surface area contributed by atoms with Crippen molar-refractivity contribution in [3.8, 4) is 0 Å². The molecule has 0 aromatic carbocycles. The summed E-state index contributed by atoms with van der Waals surface area (Å²) in [5, 5.41) is 0. The number of nitrogens with zero attached hydrogens (tertiary/aromatic N) is 2. The van der Waals surface area contributed by atoms with Crippen molar-refractivity contribution in [1.82, 2.24) is 9.80 Å². The predicted octanol–water partition coefficient (Wildman–Crippen LogP) is 1.44. The molecule has 3 heteroatoms. The molecule has 1 saturated heterocycles. The molecule has 0 spiro atoms. The third-order valence-corrected chi connectivity index (χ3v) is 3.46. The second-order valence-electron chi connectivity index (χ2n) is 5.54. The number of ether oxygens (including phenoxy) is 1. The molecule has 0 aliphatic carbocycles. The molecule has 0 saturated carbocycles. The van der Waals surface area contributed by atoms with Gasteiger partial charge in [0, 0.05) is 38.8 Å². The smallest absolute Gasteiger partial charge is 0.0710 e. The van der Waals surface area contributed by atoms with Crippen LogP contribution >= 0.6 is 0 Å². The van der Waals surface area contributed by atoms with E-state index in [1.165, 1.54) is 13.0 Å². The van der Waals surface area contributed by atoms with E-state index in [1.807, 2.05) is 7.11 Å². The Morgan fingerprint density at radius 2 is 2.07 bits per heavy atom. The number of hydrogen-bond acceptors (Lipinski definition) is 3. The van der Waals surface area contributed by atoms with Crippen molar-refractivity contribution in [2.24, 2.45) is 0 Å². The highest BCUT2D eigenvalue weighted by Gasteiger charge is 2.23. The first kappa shape index (κ1) is 12.9. The third-order valence-electron chi connectivity index (χ3n) is 3.46. The van der Waals surface area contributed by atoms with Gasteiger partial charge in [-0.2, -0.15) is 0 Å². The zero-order valence-corrected chi connectivity index (χ0v) is 10.9. The summed E-state index contributed by atoms with van der Waals surface area (Å²) in [4.78, 5) is 4.91. The van der Waals surface area contributed by atoms with Gasteiger partial charge in [0.2, 0.25) is 0 Å². The van der Waals surface area contributed by atoms with E-state index in [1.54, 1.807) is 0 Å². The summed E-state index contributed by atoms with van der Waals surface area (Å²) < 4.78 is 5.36. The van der Waals surface area contributed by atoms with Crippen LogP contribution in [0.15, 0.2) is 0 Å². The van der Waals surface area contributed by atoms with E-state index in [9.17, 15) is 0 Å². The van der Waals surface area contributed by atoms with Crippen LogP contribution in [0.1, 0.15) is 27.2 Å². The minimum absolute atomic E-state index is 0.278. The molecule has 1 atom stereocenters. The second kappa shape index (κ2) is 5.28. The molecule has 1 fully saturated rings. The van der Waals surface area contributed by atoms with Gasteiger partial charge < -0.3 is 9.64 Å². The molecule has 0 unspecified atom stereocenters. The number of likely N-dealkylation sites (tertiary alicyclic amines) is 1. The van der Waals surface area contributed by atoms with Gasteiger partial charge in [0.15, 0.2) is 0 Å². The Labute approximate surface area is 94.4 Å². The van der Waals surface area contributed by atoms with E-state index in [0.29, 0.717) is 6.10 Å². The van der Waals surface area contributed by atoms with E-state index in [4.69, 9.17) is 4.74 Å². The van der Waals surface area contributed by atoms with Crippen molar-refractivity contribution in [2.75, 3.05) is 40.3 Å². The molecule has 0 aromatic heterocycles. The molecule has 0 N–H and O–H groups in total. The van der Waals surface area contributed by atoms with E-state index < -0.39 is 0 Å². The molecular weight excluding hydrogens is 188 g/mol. The summed E-state index contributed by atoms with van der Waals surface area (Å²) in [5.74, 6) is 0. The molecule has 0 amide bonds. The molecule has 90 valence electrons. The van der Waals surface area contributed by atoms with Gasteiger partial charge >= 0.3 is 0 Å². The van der Waals surface area contributed by atoms with Crippen LogP contribution in [0.2, 0.25) is 0 Å². The SMILES string of the molecule is CO[C@@H]1CCN(CCN(C)C(C)(C)C)C1. The summed E-state index contributed by atoms with van der Waals surface area (Å²) in [6.45, 7) is 11.4. The predicted molar refractivity (Wildman–Crippen MR) is 64.2 cm³/mol. The van der Waals surface area contributed by atoms with Crippen LogP contribution in [0.4, 0.5) is 0 Å². The zero-order valence-electron chi connectivity index (χ0n) is 10.9. The number of methoxy groups -OCH3 is 1. The van der Waals surface area contributed by atoms with Gasteiger partial charge in [-0.05, 0) is 34.2 Å². The first-order valence-corrected chi connectivity index (χ1v) is 5.90. The fourth-order valence-electron chi connectivity index (χ4n) is 1.82. The summed E-state index contributed by atoms with van der Waals surface area (Å²) >= 11 is 0. The lowest BCUT2D eigenvalue weighted by Crippen LogP contribution is -2.42. The van der Waals surface area contributed by atoms with Crippen molar-refractivity contribution in [1.29, 1.82) is 0 Å². The maximum atomic E-state index is 5.36. The third kappa shape index (κ3) is 4.09. The lowest BCUT2D eigenvalue weighted by molar-refractivity contribution is 0.102. The maximum Gasteiger partial charge on any atom is 0.0710 e. The van der Waals surface area contributed by atoms with Crippen molar-refractivity contribution >= 4 is 0 Å². The molecule has 0 bridgehead atoms. The molecule has 0 aromatic rings. The molecule has 1 rings (SSSR count). The van der Waals surface area contributed by atoms with Gasteiger partial charge in [-0.25, -0.2) is 0 Å². The van der Waals surface area contributed by atoms with E-state index in [2.05, 4.69) is 37.6 Å². The average molecular weight is 214 g/mol. The Morgan fingerprint density at radius 3 is 2.53 bits per heavy atom. The zero-order chi connectivity index (χ0) is 11.5. The Balaban J connectivity index is 2.21. The Morgan fingerprint density at radius 1 is 1.40 bits per heavy atom. The number of hydrogen-bond donors (Lipinski definition) is 0. The first-order chi connectivity index (χ1) is 6.93. The fraction of sp³-hybridized carbons (Fsp3) is 1.00. The van der Waals surface area contributed by atoms with Crippen molar-refractivity contribution in [3.63, 3.8) is 0 Å². The van der Waals surface area contributed by atoms with Crippen molar-refractivity contribution < 1.29 is 4.74 Å². The number of rotatable bonds is 4. The highest BCUT2D eigenvalue weighted by atomic mass is 16.5. The minimum atomic E-state index is 0.278. The highest BCUT2D eigenvalue weighted by molar-refractivity contribution is 4.78. The van der Waals surface area contributed by atoms with Gasteiger partial charge in [-0.15, -0.1) is 0 Å². The van der Waals surface area contributed by atoms with Crippen LogP contribution in [0.5, 0.6) is 0 Å². The maximum absolute atomic E-state index is 5.36. The quantitative estimate of drug-likeness (QED) is 0.704. The summed E-state index contributed by atoms with van der Waals surface area (Å²) in [7, 11) is 4.01. The fourth-order valence-corrected chi connectivity index (χ4v) is 1.82. The first-order valence-electron chi connectivity index (χ1n) is 5.90. The monoisotopic (exact) mass is 214 g/mol. The Bertz CT molecular complexity index is 189. The second-order valence-corrected chi connectivity index (χ2v) is 5.54. The molecule has 1 heterocycles. The molecule has 1 aliphatic rings. The standard InChI is InChI=1S/C12H26N2O/c1-12(2,3)13(4)8-9-14-7-6-11(10-14)15-5/h11H,6-10H2,1-5H3/t11-/m1/s1. The van der Waals surface area contributed by atoms with Gasteiger partial charge in [0.25, 0.3) is 0 Å². The van der Waals surface area contributed by atoms with Crippen LogP contribution in [0.3, 0.4) is 0 Å². The van der Waals surface area contributed by atoms with Crippen LogP contribution < -0.4 is 0 Å². The molecule has 1 aliphatic heterocycles. The number of likely N-dealkylation sites (N-methyl/N-ethyl adjacent to an activating group) is 1. The lowest BCUT2D eigenvalue weighted by atomic mass is 10.1. The van der Waals surface area contributed by atoms with Gasteiger partial charge in [-0.3, -0.25) is 4.90 Å². The summed E-state index contributed by atoms with van der Waals surface area (Å²) in [6, 6.07) is 0. The topological polar surface area (TPSA) is 15.7 Å².